The zero-order chi connectivity index (χ0) is 21.9. The van der Waals surface area contributed by atoms with Crippen LogP contribution in [-0.4, -0.2) is 47.3 Å². The Morgan fingerprint density at radius 2 is 1.73 bits per heavy atom. The quantitative estimate of drug-likeness (QED) is 0.409. The molecule has 3 aromatic carbocycles. The molecule has 5 nitrogen and oxygen atoms in total. The molecule has 2 fully saturated rings. The van der Waals surface area contributed by atoms with Gasteiger partial charge < -0.3 is 24.1 Å². The molecule has 3 aromatic rings. The maximum absolute atomic E-state index is 11.1. The third kappa shape index (κ3) is 5.85. The van der Waals surface area contributed by atoms with E-state index in [1.54, 1.807) is 11.8 Å². The van der Waals surface area contributed by atoms with Gasteiger partial charge in [0.25, 0.3) is 0 Å². The fraction of sp³-hybridized carbons (Fsp3) is 0.385. The molecule has 2 saturated heterocycles. The van der Waals surface area contributed by atoms with Gasteiger partial charge in [-0.2, -0.15) is 0 Å². The Labute approximate surface area is 234 Å². The number of hydrogen-bond acceptors (Lipinski definition) is 6. The molecule has 0 saturated carbocycles. The first-order valence-corrected chi connectivity index (χ1v) is 12.1. The van der Waals surface area contributed by atoms with E-state index in [1.165, 1.54) is 10.8 Å². The molecule has 33 heavy (non-hydrogen) atoms. The van der Waals surface area contributed by atoms with E-state index >= 15 is 0 Å². The maximum atomic E-state index is 11.1. The molecular formula is C26H28AcO5S. The summed E-state index contributed by atoms with van der Waals surface area (Å²) in [5.74, 6) is 0.838. The summed E-state index contributed by atoms with van der Waals surface area (Å²) in [6, 6.07) is 24.4. The summed E-state index contributed by atoms with van der Waals surface area (Å²) >= 11 is 1.58. The minimum absolute atomic E-state index is 0. The van der Waals surface area contributed by atoms with Gasteiger partial charge in [0, 0.05) is 49.6 Å². The standard InChI is InChI=1S/C26H28O5S.Ac/c1-2-32-26-22(27)24(28-15-17-12-13-18-8-6-7-11-20(18)14-17)23-21(30-26)16-29-25(31-23)19-9-4-3-5-10-19;/h3-14,21-27H,2,15-16H2,1H3;/t21?,22?,23-,24-,25?,26+;/m1./s1. The summed E-state index contributed by atoms with van der Waals surface area (Å²) < 4.78 is 24.8. The molecule has 0 aliphatic carbocycles. The molecule has 2 heterocycles. The van der Waals surface area contributed by atoms with E-state index in [-0.39, 0.29) is 55.6 Å². The molecule has 6 atom stereocenters. The van der Waals surface area contributed by atoms with Gasteiger partial charge in [0.15, 0.2) is 6.29 Å². The Kier molecular flexibility index (Phi) is 9.28. The molecule has 0 spiro atoms. The van der Waals surface area contributed by atoms with Crippen LogP contribution >= 0.6 is 11.8 Å². The normalized spacial score (nSPS) is 29.3. The summed E-state index contributed by atoms with van der Waals surface area (Å²) in [7, 11) is 0. The monoisotopic (exact) mass is 679 g/mol. The van der Waals surface area contributed by atoms with E-state index in [2.05, 4.69) is 37.3 Å². The number of thioether (sulfide) groups is 1. The van der Waals surface area contributed by atoms with Crippen molar-refractivity contribution in [3.8, 4) is 0 Å². The molecule has 5 rings (SSSR count). The van der Waals surface area contributed by atoms with Crippen molar-refractivity contribution in [2.75, 3.05) is 12.4 Å². The van der Waals surface area contributed by atoms with Gasteiger partial charge in [-0.15, -0.1) is 11.8 Å². The molecule has 1 N–H and O–H groups in total. The van der Waals surface area contributed by atoms with Gasteiger partial charge in [-0.25, -0.2) is 0 Å². The van der Waals surface area contributed by atoms with Crippen LogP contribution in [0.25, 0.3) is 10.8 Å². The van der Waals surface area contributed by atoms with Crippen LogP contribution in [0.2, 0.25) is 0 Å². The van der Waals surface area contributed by atoms with Crippen molar-refractivity contribution in [2.24, 2.45) is 0 Å². The van der Waals surface area contributed by atoms with Crippen LogP contribution in [-0.2, 0) is 25.6 Å². The number of aliphatic hydroxyl groups excluding tert-OH is 1. The molecule has 0 aromatic heterocycles. The molecule has 0 amide bonds. The summed E-state index contributed by atoms with van der Waals surface area (Å²) in [4.78, 5) is 0. The van der Waals surface area contributed by atoms with Crippen molar-refractivity contribution in [2.45, 2.75) is 49.7 Å². The van der Waals surface area contributed by atoms with Gasteiger partial charge in [0.2, 0.25) is 0 Å². The Bertz CT molecular complexity index is 1040. The predicted octanol–water partition coefficient (Wildman–Crippen LogP) is 4.68. The van der Waals surface area contributed by atoms with Crippen LogP contribution in [0.15, 0.2) is 72.8 Å². The molecular weight excluding hydrogens is 651 g/mol. The Hall–Kier alpha value is -0.488. The Morgan fingerprint density at radius 1 is 0.970 bits per heavy atom. The largest absolute Gasteiger partial charge is 0.387 e. The second-order valence-corrected chi connectivity index (χ2v) is 9.50. The maximum Gasteiger partial charge on any atom is 0.184 e. The number of hydrogen-bond donors (Lipinski definition) is 1. The van der Waals surface area contributed by atoms with Crippen LogP contribution in [0.4, 0.5) is 0 Å². The fourth-order valence-corrected chi connectivity index (χ4v) is 5.26. The summed E-state index contributed by atoms with van der Waals surface area (Å²) in [5, 5.41) is 13.5. The van der Waals surface area contributed by atoms with Crippen molar-refractivity contribution in [1.29, 1.82) is 0 Å². The minimum atomic E-state index is -0.795. The predicted molar refractivity (Wildman–Crippen MR) is 125 cm³/mol. The Balaban J connectivity index is 0.00000259. The first kappa shape index (κ1) is 25.6. The van der Waals surface area contributed by atoms with E-state index in [0.29, 0.717) is 13.2 Å². The van der Waals surface area contributed by atoms with Gasteiger partial charge in [-0.1, -0.05) is 73.7 Å². The van der Waals surface area contributed by atoms with Gasteiger partial charge in [0.05, 0.1) is 13.2 Å². The molecule has 7 heteroatoms. The molecule has 1 radical (unpaired) electrons. The number of benzene rings is 3. The van der Waals surface area contributed by atoms with Crippen LogP contribution in [0.5, 0.6) is 0 Å². The number of rotatable bonds is 6. The van der Waals surface area contributed by atoms with Crippen molar-refractivity contribution >= 4 is 22.5 Å². The third-order valence-electron chi connectivity index (χ3n) is 5.97. The molecule has 2 aliphatic heterocycles. The van der Waals surface area contributed by atoms with Crippen molar-refractivity contribution in [1.82, 2.24) is 0 Å². The molecule has 171 valence electrons. The second kappa shape index (κ2) is 12.0. The summed E-state index contributed by atoms with van der Waals surface area (Å²) in [5.41, 5.74) is 1.63. The SMILES string of the molecule is CCS[C@@H]1OC2COC(c3ccccc3)O[C@H]2[C@H](OCc2ccc3ccccc3c2)C1O.[Ac]. The van der Waals surface area contributed by atoms with Gasteiger partial charge in [0.1, 0.15) is 29.9 Å². The van der Waals surface area contributed by atoms with E-state index in [0.717, 1.165) is 16.9 Å². The zero-order valence-corrected chi connectivity index (χ0v) is 24.1. The number of fused-ring (bicyclic) bond motifs is 2. The molecule has 0 bridgehead atoms. The molecule has 3 unspecified atom stereocenters. The first-order valence-electron chi connectivity index (χ1n) is 11.1. The van der Waals surface area contributed by atoms with Crippen LogP contribution in [0.3, 0.4) is 0 Å². The van der Waals surface area contributed by atoms with Crippen molar-refractivity contribution in [3.05, 3.63) is 83.9 Å². The fourth-order valence-electron chi connectivity index (χ4n) is 4.36. The van der Waals surface area contributed by atoms with Crippen LogP contribution in [0.1, 0.15) is 24.3 Å². The second-order valence-electron chi connectivity index (χ2n) is 8.12. The van der Waals surface area contributed by atoms with E-state index in [9.17, 15) is 5.11 Å². The van der Waals surface area contributed by atoms with Crippen LogP contribution in [0, 0.1) is 44.1 Å². The zero-order valence-electron chi connectivity index (χ0n) is 18.6. The Morgan fingerprint density at radius 3 is 2.52 bits per heavy atom. The van der Waals surface area contributed by atoms with Gasteiger partial charge >= 0.3 is 0 Å². The van der Waals surface area contributed by atoms with Gasteiger partial charge in [-0.05, 0) is 28.2 Å². The smallest absolute Gasteiger partial charge is 0.184 e. The third-order valence-corrected chi connectivity index (χ3v) is 7.02. The van der Waals surface area contributed by atoms with Crippen LogP contribution < -0.4 is 0 Å². The van der Waals surface area contributed by atoms with Crippen molar-refractivity contribution < 1.29 is 68.1 Å². The minimum Gasteiger partial charge on any atom is -0.387 e. The van der Waals surface area contributed by atoms with Gasteiger partial charge in [-0.3, -0.25) is 0 Å². The summed E-state index contributed by atoms with van der Waals surface area (Å²) in [6.07, 6.45) is -2.52. The van der Waals surface area contributed by atoms with E-state index in [4.69, 9.17) is 18.9 Å². The average molecular weight is 680 g/mol. The summed E-state index contributed by atoms with van der Waals surface area (Å²) in [6.45, 7) is 2.84. The number of ether oxygens (including phenoxy) is 4. The van der Waals surface area contributed by atoms with Crippen molar-refractivity contribution in [3.63, 3.8) is 0 Å². The topological polar surface area (TPSA) is 57.2 Å². The van der Waals surface area contributed by atoms with E-state index in [1.807, 2.05) is 42.5 Å². The van der Waals surface area contributed by atoms with E-state index < -0.39 is 24.6 Å². The molecule has 2 aliphatic rings. The number of aliphatic hydroxyl groups is 1. The average Bonchev–Trinajstić information content (AvgIpc) is 2.84. The first-order chi connectivity index (χ1) is 15.7.